The number of rotatable bonds is 7. The number of Topliss-reactive ketones (excluding diaryl/α,β-unsaturated/α-hetero) is 1. The maximum atomic E-state index is 14.6. The predicted molar refractivity (Wildman–Crippen MR) is 160 cm³/mol. The average Bonchev–Trinajstić information content (AvgIpc) is 3.63. The summed E-state index contributed by atoms with van der Waals surface area (Å²) < 4.78 is 78.2. The van der Waals surface area contributed by atoms with Crippen LogP contribution in [0, 0.1) is 11.2 Å². The van der Waals surface area contributed by atoms with E-state index in [1.165, 1.54) is 23.1 Å². The summed E-state index contributed by atoms with van der Waals surface area (Å²) in [5.41, 5.74) is 0.121. The minimum Gasteiger partial charge on any atom is -0.378 e. The number of aryl methyl sites for hydroxylation is 1. The Balaban J connectivity index is 1.34. The molecule has 2 fully saturated rings. The van der Waals surface area contributed by atoms with Crippen LogP contribution in [0.15, 0.2) is 65.6 Å². The number of halogens is 4. The molecule has 15 heteroatoms. The normalized spacial score (nSPS) is 22.8. The lowest BCUT2D eigenvalue weighted by atomic mass is 9.60. The summed E-state index contributed by atoms with van der Waals surface area (Å²) in [5.74, 6) is 3.13. The molecule has 0 amide bonds. The third kappa shape index (κ3) is 5.06. The van der Waals surface area contributed by atoms with Crippen molar-refractivity contribution in [3.05, 3.63) is 88.9 Å². The van der Waals surface area contributed by atoms with Crippen LogP contribution in [0.25, 0.3) is 11.8 Å². The van der Waals surface area contributed by atoms with Gasteiger partial charge in [-0.2, -0.15) is 28.2 Å². The molecule has 0 N–H and O–H groups in total. The van der Waals surface area contributed by atoms with Crippen molar-refractivity contribution in [3.63, 3.8) is 0 Å². The molecule has 1 saturated carbocycles. The summed E-state index contributed by atoms with van der Waals surface area (Å²) in [6.07, 6.45) is 2.33. The Labute approximate surface area is 261 Å². The fraction of sp³-hybridized carbons (Fsp3) is 0.355. The number of alkyl halides is 3. The molecule has 1 unspecified atom stereocenters. The molecule has 1 aromatic carbocycles. The Morgan fingerprint density at radius 2 is 1.89 bits per heavy atom. The zero-order valence-electron chi connectivity index (χ0n) is 24.7. The number of nitrogens with zero attached hydrogens (tertiary/aromatic N) is 7. The Bertz CT molecular complexity index is 1970. The highest BCUT2D eigenvalue weighted by Crippen LogP contribution is 2.52. The van der Waals surface area contributed by atoms with Crippen molar-refractivity contribution >= 4 is 27.4 Å². The number of aromatic nitrogens is 6. The van der Waals surface area contributed by atoms with E-state index < -0.39 is 44.5 Å². The van der Waals surface area contributed by atoms with Crippen LogP contribution in [0.4, 0.5) is 17.6 Å². The van der Waals surface area contributed by atoms with Crippen LogP contribution in [-0.2, 0) is 34.1 Å². The lowest BCUT2D eigenvalue weighted by Gasteiger charge is -2.50. The van der Waals surface area contributed by atoms with Gasteiger partial charge in [0.15, 0.2) is 10.8 Å². The fourth-order valence-corrected chi connectivity index (χ4v) is 8.73. The summed E-state index contributed by atoms with van der Waals surface area (Å²) in [4.78, 5) is 20.0. The van der Waals surface area contributed by atoms with Crippen LogP contribution >= 0.6 is 0 Å². The van der Waals surface area contributed by atoms with Crippen molar-refractivity contribution in [3.8, 4) is 5.69 Å². The van der Waals surface area contributed by atoms with Crippen LogP contribution in [-0.4, -0.2) is 75.2 Å². The van der Waals surface area contributed by atoms with Crippen LogP contribution < -0.4 is 0 Å². The number of benzene rings is 1. The zero-order chi connectivity index (χ0) is 32.4. The molecule has 0 bridgehead atoms. The van der Waals surface area contributed by atoms with Gasteiger partial charge in [0.1, 0.15) is 11.5 Å². The summed E-state index contributed by atoms with van der Waals surface area (Å²) in [6.45, 7) is 0.605. The third-order valence-corrected chi connectivity index (χ3v) is 11.2. The number of hydrogen-bond donors (Lipinski definition) is 0. The van der Waals surface area contributed by atoms with E-state index in [1.54, 1.807) is 34.4 Å². The lowest BCUT2D eigenvalue weighted by molar-refractivity contribution is -0.137. The predicted octanol–water partition coefficient (Wildman–Crippen LogP) is 4.31. The lowest BCUT2D eigenvalue weighted by Crippen LogP contribution is -2.59. The van der Waals surface area contributed by atoms with E-state index in [0.29, 0.717) is 48.6 Å². The molecule has 4 aromatic rings. The molecule has 3 atom stereocenters. The van der Waals surface area contributed by atoms with Gasteiger partial charge in [-0.3, -0.25) is 9.78 Å². The topological polar surface area (TPSA) is 108 Å². The van der Waals surface area contributed by atoms with Crippen molar-refractivity contribution in [2.45, 2.75) is 49.0 Å². The van der Waals surface area contributed by atoms with Gasteiger partial charge in [0.2, 0.25) is 0 Å². The summed E-state index contributed by atoms with van der Waals surface area (Å²) in [7, 11) is -1.59. The standard InChI is InChI=1S/C31H29F4N7O3S/c1-40-37-16-28(39-40)46(2,44)42(25-17-45-18-25)24-6-3-20-12-27-19(15-38-41(27)23-7-4-22(32)5-8-23)13-30(20,14-24)29(43)26-11-21(9-10-36-26)31(33,34)35/h4-5,7-12,15-16,24-25H,2-3,6,13-14,17-18H2,1H3/t24-,30-,46?/m0/s1. The first kappa shape index (κ1) is 30.4. The first-order valence-corrected chi connectivity index (χ1v) is 16.3. The highest BCUT2D eigenvalue weighted by atomic mass is 32.2. The number of carbonyl (C=O) groups excluding carboxylic acids is 1. The highest BCUT2D eigenvalue weighted by Gasteiger charge is 2.53. The van der Waals surface area contributed by atoms with Gasteiger partial charge in [-0.1, -0.05) is 5.57 Å². The molecule has 46 heavy (non-hydrogen) atoms. The third-order valence-electron chi connectivity index (χ3n) is 9.05. The smallest absolute Gasteiger partial charge is 0.378 e. The van der Waals surface area contributed by atoms with Gasteiger partial charge >= 0.3 is 6.18 Å². The number of hydrogen-bond acceptors (Lipinski definition) is 7. The molecular formula is C31H29F4N7O3S. The van der Waals surface area contributed by atoms with Gasteiger partial charge in [0.25, 0.3) is 0 Å². The minimum absolute atomic E-state index is 0.126. The Morgan fingerprint density at radius 3 is 2.54 bits per heavy atom. The van der Waals surface area contributed by atoms with Gasteiger partial charge < -0.3 is 4.74 Å². The molecule has 240 valence electrons. The SMILES string of the molecule is C=S(=O)(c1cnn(C)n1)N(C1COC1)[C@H]1CCC2=Cc3c(cnn3-c3ccc(F)cc3)C[C@]2(C(=O)c2cc(C(F)(F)F)ccn2)C1. The molecule has 3 aliphatic rings. The average molecular weight is 656 g/mol. The molecule has 1 aliphatic heterocycles. The molecule has 2 aliphatic carbocycles. The van der Waals surface area contributed by atoms with E-state index in [1.807, 2.05) is 6.08 Å². The van der Waals surface area contributed by atoms with Crippen molar-refractivity contribution in [2.75, 3.05) is 13.2 Å². The Hall–Kier alpha value is -4.21. The second-order valence-electron chi connectivity index (χ2n) is 11.9. The number of ketones is 1. The van der Waals surface area contributed by atoms with Gasteiger partial charge in [-0.05, 0) is 79.6 Å². The van der Waals surface area contributed by atoms with E-state index >= 15 is 0 Å². The highest BCUT2D eigenvalue weighted by molar-refractivity contribution is 7.98. The maximum Gasteiger partial charge on any atom is 0.416 e. The molecule has 3 aromatic heterocycles. The van der Waals surface area contributed by atoms with Crippen LogP contribution in [0.5, 0.6) is 0 Å². The maximum absolute atomic E-state index is 14.6. The summed E-state index contributed by atoms with van der Waals surface area (Å²) >= 11 is 0. The Kier molecular flexibility index (Phi) is 7.25. The molecule has 10 nitrogen and oxygen atoms in total. The molecule has 0 spiro atoms. The van der Waals surface area contributed by atoms with Gasteiger partial charge in [0, 0.05) is 19.3 Å². The molecule has 0 radical (unpaired) electrons. The molecule has 7 rings (SSSR count). The van der Waals surface area contributed by atoms with Crippen molar-refractivity contribution in [1.82, 2.24) is 34.1 Å². The second kappa shape index (κ2) is 11.0. The van der Waals surface area contributed by atoms with Crippen LogP contribution in [0.1, 0.15) is 46.6 Å². The second-order valence-corrected chi connectivity index (χ2v) is 14.0. The van der Waals surface area contributed by atoms with E-state index in [2.05, 4.69) is 26.2 Å². The number of ether oxygens (including phenoxy) is 1. The summed E-state index contributed by atoms with van der Waals surface area (Å²) in [6, 6.07) is 6.70. The van der Waals surface area contributed by atoms with Crippen molar-refractivity contribution in [2.24, 2.45) is 12.5 Å². The van der Waals surface area contributed by atoms with Gasteiger partial charge in [0.05, 0.1) is 63.7 Å². The minimum atomic E-state index is -4.67. The number of pyridine rings is 1. The van der Waals surface area contributed by atoms with Crippen molar-refractivity contribution in [1.29, 1.82) is 0 Å². The van der Waals surface area contributed by atoms with E-state index in [4.69, 9.17) is 4.74 Å². The molecule has 1 saturated heterocycles. The zero-order valence-corrected chi connectivity index (χ0v) is 25.5. The van der Waals surface area contributed by atoms with Crippen LogP contribution in [0.2, 0.25) is 0 Å². The number of carbonyl (C=O) groups is 1. The first-order chi connectivity index (χ1) is 21.9. The first-order valence-electron chi connectivity index (χ1n) is 14.6. The fourth-order valence-electron chi connectivity index (χ4n) is 6.80. The molecular weight excluding hydrogens is 626 g/mol. The summed E-state index contributed by atoms with van der Waals surface area (Å²) in [5, 5.41) is 13.1. The van der Waals surface area contributed by atoms with E-state index in [0.717, 1.165) is 18.3 Å². The monoisotopic (exact) mass is 655 g/mol. The van der Waals surface area contributed by atoms with Crippen molar-refractivity contribution < 1.29 is 31.3 Å². The van der Waals surface area contributed by atoms with E-state index in [9.17, 15) is 26.6 Å². The Morgan fingerprint density at radius 1 is 1.13 bits per heavy atom. The number of allylic oxidation sites excluding steroid dienone is 1. The molecule has 4 heterocycles. The largest absolute Gasteiger partial charge is 0.416 e. The number of fused-ring (bicyclic) bond motifs is 2. The quantitative estimate of drug-likeness (QED) is 0.166. The van der Waals surface area contributed by atoms with Crippen LogP contribution in [0.3, 0.4) is 0 Å². The van der Waals surface area contributed by atoms with Gasteiger partial charge in [-0.15, -0.1) is 5.10 Å². The van der Waals surface area contributed by atoms with Gasteiger partial charge in [-0.25, -0.2) is 17.6 Å². The van der Waals surface area contributed by atoms with E-state index in [-0.39, 0.29) is 29.6 Å².